The van der Waals surface area contributed by atoms with Crippen molar-refractivity contribution in [3.8, 4) is 21.8 Å². The average Bonchev–Trinajstić information content (AvgIpc) is 3.33. The van der Waals surface area contributed by atoms with Gasteiger partial charge in [0.25, 0.3) is 0 Å². The third-order valence-corrected chi connectivity index (χ3v) is 8.22. The van der Waals surface area contributed by atoms with Crippen molar-refractivity contribution in [2.45, 2.75) is 37.0 Å². The standard InChI is InChI=1S/C23H25FN6O3S2/c1-13(31)26-17-6-4-5-16(19(17)24)20-21(18-9-10-25-22(27-18)35(3,32)33)34-23(28-20)30-14-7-8-15(30)12-29(2)11-14/h4-6,9-10,14-15H,7-8,11-12H2,1-3H3,(H,26,31). The van der Waals surface area contributed by atoms with Crippen LogP contribution in [0.3, 0.4) is 0 Å². The van der Waals surface area contributed by atoms with Crippen LogP contribution in [0.5, 0.6) is 0 Å². The highest BCUT2D eigenvalue weighted by molar-refractivity contribution is 7.90. The van der Waals surface area contributed by atoms with Crippen molar-refractivity contribution in [2.75, 3.05) is 36.6 Å². The van der Waals surface area contributed by atoms with Crippen LogP contribution in [0.15, 0.2) is 35.6 Å². The highest BCUT2D eigenvalue weighted by Gasteiger charge is 2.41. The van der Waals surface area contributed by atoms with Crippen LogP contribution in [0.25, 0.3) is 21.8 Å². The summed E-state index contributed by atoms with van der Waals surface area (Å²) in [5.41, 5.74) is 0.959. The Bertz CT molecular complexity index is 1400. The van der Waals surface area contributed by atoms with Gasteiger partial charge in [-0.1, -0.05) is 17.4 Å². The molecule has 2 aliphatic rings. The van der Waals surface area contributed by atoms with E-state index >= 15 is 4.39 Å². The lowest BCUT2D eigenvalue weighted by Crippen LogP contribution is -2.52. The zero-order valence-electron chi connectivity index (χ0n) is 19.5. The molecule has 5 rings (SSSR count). The number of thiazole rings is 1. The van der Waals surface area contributed by atoms with Gasteiger partial charge in [-0.05, 0) is 38.1 Å². The molecular formula is C23H25FN6O3S2. The molecule has 2 unspecified atom stereocenters. The quantitative estimate of drug-likeness (QED) is 0.516. The molecule has 35 heavy (non-hydrogen) atoms. The predicted molar refractivity (Wildman–Crippen MR) is 133 cm³/mol. The fraction of sp³-hybridized carbons (Fsp3) is 0.391. The number of anilines is 2. The molecule has 2 bridgehead atoms. The van der Waals surface area contributed by atoms with Gasteiger partial charge in [-0.15, -0.1) is 0 Å². The molecule has 3 aromatic rings. The maximum absolute atomic E-state index is 15.6. The van der Waals surface area contributed by atoms with Gasteiger partial charge in [-0.25, -0.2) is 27.8 Å². The maximum atomic E-state index is 15.6. The van der Waals surface area contributed by atoms with Gasteiger partial charge in [-0.2, -0.15) is 0 Å². The van der Waals surface area contributed by atoms with Gasteiger partial charge in [-0.3, -0.25) is 4.79 Å². The number of carbonyl (C=O) groups is 1. The molecule has 12 heteroatoms. The first-order valence-electron chi connectivity index (χ1n) is 11.2. The SMILES string of the molecule is CC(=O)Nc1cccc(-c2nc(N3C4CCC3CN(C)C4)sc2-c2ccnc(S(C)(=O)=O)n2)c1F. The number of nitrogens with one attached hydrogen (secondary N) is 1. The number of hydrogen-bond acceptors (Lipinski definition) is 9. The van der Waals surface area contributed by atoms with E-state index in [2.05, 4.69) is 32.1 Å². The number of sulfone groups is 1. The molecule has 4 heterocycles. The minimum absolute atomic E-state index is 0.0506. The molecule has 2 fully saturated rings. The summed E-state index contributed by atoms with van der Waals surface area (Å²) in [5.74, 6) is -0.998. The van der Waals surface area contributed by atoms with Crippen molar-refractivity contribution in [2.24, 2.45) is 0 Å². The Morgan fingerprint density at radius 2 is 1.89 bits per heavy atom. The number of benzene rings is 1. The third-order valence-electron chi connectivity index (χ3n) is 6.26. The minimum Gasteiger partial charge on any atom is -0.340 e. The summed E-state index contributed by atoms with van der Waals surface area (Å²) in [4.78, 5) is 29.8. The number of likely N-dealkylation sites (tertiary alicyclic amines) is 1. The van der Waals surface area contributed by atoms with Crippen molar-refractivity contribution in [1.29, 1.82) is 0 Å². The third kappa shape index (κ3) is 4.53. The summed E-state index contributed by atoms with van der Waals surface area (Å²) in [6, 6.07) is 6.94. The summed E-state index contributed by atoms with van der Waals surface area (Å²) < 4.78 is 39.8. The van der Waals surface area contributed by atoms with Crippen molar-refractivity contribution in [1.82, 2.24) is 19.9 Å². The van der Waals surface area contributed by atoms with Gasteiger partial charge in [0, 0.05) is 50.1 Å². The molecular weight excluding hydrogens is 491 g/mol. The van der Waals surface area contributed by atoms with E-state index in [0.29, 0.717) is 28.3 Å². The Morgan fingerprint density at radius 1 is 1.17 bits per heavy atom. The molecule has 0 aliphatic carbocycles. The summed E-state index contributed by atoms with van der Waals surface area (Å²) in [5, 5.41) is 2.96. The number of hydrogen-bond donors (Lipinski definition) is 1. The highest BCUT2D eigenvalue weighted by atomic mass is 32.2. The van der Waals surface area contributed by atoms with Crippen LogP contribution in [0.1, 0.15) is 19.8 Å². The van der Waals surface area contributed by atoms with E-state index in [1.165, 1.54) is 30.5 Å². The van der Waals surface area contributed by atoms with Crippen molar-refractivity contribution >= 4 is 37.9 Å². The number of nitrogens with zero attached hydrogens (tertiary/aromatic N) is 5. The molecule has 0 radical (unpaired) electrons. The Labute approximate surface area is 207 Å². The number of fused-ring (bicyclic) bond motifs is 2. The second kappa shape index (κ2) is 8.92. The largest absolute Gasteiger partial charge is 0.340 e. The molecule has 2 atom stereocenters. The first kappa shape index (κ1) is 23.8. The van der Waals surface area contributed by atoms with Gasteiger partial charge < -0.3 is 15.1 Å². The van der Waals surface area contributed by atoms with Crippen LogP contribution in [-0.4, -0.2) is 72.7 Å². The minimum atomic E-state index is -3.64. The molecule has 1 aromatic carbocycles. The Hall–Kier alpha value is -2.96. The lowest BCUT2D eigenvalue weighted by Gasteiger charge is -2.39. The zero-order valence-corrected chi connectivity index (χ0v) is 21.2. The fourth-order valence-corrected chi connectivity index (χ4v) is 6.56. The highest BCUT2D eigenvalue weighted by Crippen LogP contribution is 2.45. The number of halogens is 1. The van der Waals surface area contributed by atoms with Gasteiger partial charge in [0.1, 0.15) is 0 Å². The predicted octanol–water partition coefficient (Wildman–Crippen LogP) is 3.05. The van der Waals surface area contributed by atoms with E-state index in [1.807, 2.05) is 0 Å². The Morgan fingerprint density at radius 3 is 2.54 bits per heavy atom. The number of likely N-dealkylation sites (N-methyl/N-ethyl adjacent to an activating group) is 1. The molecule has 0 spiro atoms. The molecule has 0 saturated carbocycles. The molecule has 1 N–H and O–H groups in total. The van der Waals surface area contributed by atoms with Crippen molar-refractivity contribution in [3.05, 3.63) is 36.3 Å². The lowest BCUT2D eigenvalue weighted by molar-refractivity contribution is -0.114. The van der Waals surface area contributed by atoms with Crippen LogP contribution in [0.4, 0.5) is 15.2 Å². The van der Waals surface area contributed by atoms with Crippen molar-refractivity contribution < 1.29 is 17.6 Å². The summed E-state index contributed by atoms with van der Waals surface area (Å²) in [6.45, 7) is 3.15. The molecule has 2 aliphatic heterocycles. The van der Waals surface area contributed by atoms with Gasteiger partial charge in [0.15, 0.2) is 10.9 Å². The summed E-state index contributed by atoms with van der Waals surface area (Å²) in [7, 11) is -1.53. The molecule has 2 aromatic heterocycles. The summed E-state index contributed by atoms with van der Waals surface area (Å²) in [6.07, 6.45) is 4.53. The van der Waals surface area contributed by atoms with Crippen LogP contribution >= 0.6 is 11.3 Å². The van der Waals surface area contributed by atoms with E-state index in [9.17, 15) is 13.2 Å². The molecule has 1 amide bonds. The second-order valence-electron chi connectivity index (χ2n) is 9.03. The van der Waals surface area contributed by atoms with E-state index < -0.39 is 15.7 Å². The van der Waals surface area contributed by atoms with Crippen LogP contribution in [0, 0.1) is 5.82 Å². The lowest BCUT2D eigenvalue weighted by atomic mass is 10.1. The second-order valence-corrected chi connectivity index (χ2v) is 11.9. The van der Waals surface area contributed by atoms with Crippen LogP contribution in [0.2, 0.25) is 0 Å². The van der Waals surface area contributed by atoms with E-state index in [1.54, 1.807) is 18.2 Å². The Balaban J connectivity index is 1.68. The first-order chi connectivity index (χ1) is 16.6. The normalized spacial score (nSPS) is 20.3. The number of rotatable bonds is 5. The molecule has 9 nitrogen and oxygen atoms in total. The van der Waals surface area contributed by atoms with Crippen molar-refractivity contribution in [3.63, 3.8) is 0 Å². The topological polar surface area (TPSA) is 108 Å². The zero-order chi connectivity index (χ0) is 24.9. The fourth-order valence-electron chi connectivity index (χ4n) is 4.85. The number of aromatic nitrogens is 3. The van der Waals surface area contributed by atoms with Gasteiger partial charge in [0.2, 0.25) is 20.9 Å². The van der Waals surface area contributed by atoms with Gasteiger partial charge in [0.05, 0.1) is 22.0 Å². The summed E-state index contributed by atoms with van der Waals surface area (Å²) >= 11 is 1.37. The van der Waals surface area contributed by atoms with Gasteiger partial charge >= 0.3 is 0 Å². The first-order valence-corrected chi connectivity index (χ1v) is 13.9. The smallest absolute Gasteiger partial charge is 0.247 e. The van der Waals surface area contributed by atoms with E-state index in [-0.39, 0.29) is 22.3 Å². The maximum Gasteiger partial charge on any atom is 0.247 e. The molecule has 2 saturated heterocycles. The average molecular weight is 517 g/mol. The number of carbonyl (C=O) groups excluding carboxylic acids is 1. The number of amides is 1. The Kier molecular flexibility index (Phi) is 6.06. The van der Waals surface area contributed by atoms with E-state index in [0.717, 1.165) is 37.3 Å². The monoisotopic (exact) mass is 516 g/mol. The van der Waals surface area contributed by atoms with E-state index in [4.69, 9.17) is 4.98 Å². The number of piperazine rings is 1. The van der Waals surface area contributed by atoms with Crippen LogP contribution in [-0.2, 0) is 14.6 Å². The molecule has 184 valence electrons. The van der Waals surface area contributed by atoms with Crippen LogP contribution < -0.4 is 10.2 Å².